The van der Waals surface area contributed by atoms with E-state index in [1.54, 1.807) is 18.2 Å². The van der Waals surface area contributed by atoms with Gasteiger partial charge in [0.1, 0.15) is 0 Å². The lowest BCUT2D eigenvalue weighted by atomic mass is 10.2. The molecule has 0 radical (unpaired) electrons. The van der Waals surface area contributed by atoms with Crippen LogP contribution in [0.1, 0.15) is 25.0 Å². The Kier molecular flexibility index (Phi) is 9.10. The van der Waals surface area contributed by atoms with Crippen molar-refractivity contribution in [3.8, 4) is 11.5 Å². The van der Waals surface area contributed by atoms with Gasteiger partial charge >= 0.3 is 12.0 Å². The van der Waals surface area contributed by atoms with Gasteiger partial charge < -0.3 is 19.5 Å². The summed E-state index contributed by atoms with van der Waals surface area (Å²) < 4.78 is 15.7. The first-order valence-electron chi connectivity index (χ1n) is 9.75. The zero-order valence-electron chi connectivity index (χ0n) is 17.7. The van der Waals surface area contributed by atoms with Crippen LogP contribution in [0.4, 0.5) is 4.79 Å². The number of methoxy groups -OCH3 is 1. The largest absolute Gasteiger partial charge is 0.493 e. The van der Waals surface area contributed by atoms with E-state index in [1.807, 2.05) is 37.3 Å². The summed E-state index contributed by atoms with van der Waals surface area (Å²) in [6, 6.07) is 13.8. The molecule has 1 atom stereocenters. The monoisotopic (exact) mass is 426 g/mol. The maximum absolute atomic E-state index is 12.1. The number of hydrogen-bond donors (Lipinski definition) is 2. The first-order valence-corrected chi connectivity index (χ1v) is 9.75. The first kappa shape index (κ1) is 23.5. The van der Waals surface area contributed by atoms with E-state index in [9.17, 15) is 14.4 Å². The average molecular weight is 426 g/mol. The quantitative estimate of drug-likeness (QED) is 0.472. The van der Waals surface area contributed by atoms with Gasteiger partial charge in [-0.15, -0.1) is 0 Å². The van der Waals surface area contributed by atoms with Gasteiger partial charge in [0.25, 0.3) is 5.91 Å². The van der Waals surface area contributed by atoms with Crippen molar-refractivity contribution in [2.75, 3.05) is 13.7 Å². The molecule has 0 spiro atoms. The standard InChI is InChI=1S/C23H26N2O6/c1-4-30-19-12-10-17(14-20(19)29-3)11-13-21(26)31-16(2)22(27)25-23(28)24-15-18-8-6-5-7-9-18/h5-14,16H,4,15H2,1-3H3,(H2,24,25,27,28)/b13-11+. The van der Waals surface area contributed by atoms with Crippen molar-refractivity contribution in [1.29, 1.82) is 0 Å². The minimum atomic E-state index is -1.14. The molecule has 8 heteroatoms. The van der Waals surface area contributed by atoms with Crippen molar-refractivity contribution in [3.63, 3.8) is 0 Å². The van der Waals surface area contributed by atoms with Crippen LogP contribution in [-0.2, 0) is 20.9 Å². The Morgan fingerprint density at radius 1 is 1.06 bits per heavy atom. The van der Waals surface area contributed by atoms with Crippen molar-refractivity contribution < 1.29 is 28.6 Å². The minimum absolute atomic E-state index is 0.266. The van der Waals surface area contributed by atoms with E-state index in [4.69, 9.17) is 14.2 Å². The second-order valence-electron chi connectivity index (χ2n) is 6.41. The summed E-state index contributed by atoms with van der Waals surface area (Å²) in [5.74, 6) is -0.317. The van der Waals surface area contributed by atoms with E-state index in [0.717, 1.165) is 5.56 Å². The normalized spacial score (nSPS) is 11.5. The molecule has 1 unspecified atom stereocenters. The number of ether oxygens (including phenoxy) is 3. The molecule has 8 nitrogen and oxygen atoms in total. The average Bonchev–Trinajstić information content (AvgIpc) is 2.77. The first-order chi connectivity index (χ1) is 14.9. The molecule has 0 saturated heterocycles. The van der Waals surface area contributed by atoms with Gasteiger partial charge in [-0.2, -0.15) is 0 Å². The van der Waals surface area contributed by atoms with E-state index in [1.165, 1.54) is 26.2 Å². The van der Waals surface area contributed by atoms with E-state index in [-0.39, 0.29) is 6.54 Å². The van der Waals surface area contributed by atoms with Gasteiger partial charge in [0, 0.05) is 12.6 Å². The fraction of sp³-hybridized carbons (Fsp3) is 0.261. The molecular formula is C23H26N2O6. The summed E-state index contributed by atoms with van der Waals surface area (Å²) in [5, 5.41) is 4.70. The number of carbonyl (C=O) groups excluding carboxylic acids is 3. The SMILES string of the molecule is CCOc1ccc(/C=C/C(=O)OC(C)C(=O)NC(=O)NCc2ccccc2)cc1OC. The van der Waals surface area contributed by atoms with Gasteiger partial charge in [0.05, 0.1) is 13.7 Å². The number of nitrogens with one attached hydrogen (secondary N) is 2. The van der Waals surface area contributed by atoms with E-state index in [0.29, 0.717) is 23.7 Å². The van der Waals surface area contributed by atoms with Crippen LogP contribution < -0.4 is 20.1 Å². The summed E-state index contributed by atoms with van der Waals surface area (Å²) in [6.45, 7) is 4.02. The Morgan fingerprint density at radius 3 is 2.48 bits per heavy atom. The fourth-order valence-electron chi connectivity index (χ4n) is 2.53. The summed E-state index contributed by atoms with van der Waals surface area (Å²) in [7, 11) is 1.52. The van der Waals surface area contributed by atoms with E-state index >= 15 is 0 Å². The molecule has 0 saturated carbocycles. The van der Waals surface area contributed by atoms with Crippen molar-refractivity contribution in [2.45, 2.75) is 26.5 Å². The zero-order valence-corrected chi connectivity index (χ0v) is 17.7. The molecule has 0 aliphatic heterocycles. The van der Waals surface area contributed by atoms with Gasteiger partial charge in [-0.3, -0.25) is 10.1 Å². The van der Waals surface area contributed by atoms with Gasteiger partial charge in [-0.1, -0.05) is 36.4 Å². The van der Waals surface area contributed by atoms with Crippen LogP contribution in [0.2, 0.25) is 0 Å². The smallest absolute Gasteiger partial charge is 0.331 e. The van der Waals surface area contributed by atoms with Crippen LogP contribution in [-0.4, -0.2) is 37.7 Å². The van der Waals surface area contributed by atoms with Crippen molar-refractivity contribution in [3.05, 3.63) is 65.7 Å². The van der Waals surface area contributed by atoms with Gasteiger partial charge in [0.15, 0.2) is 17.6 Å². The molecule has 0 aromatic heterocycles. The predicted octanol–water partition coefficient (Wildman–Crippen LogP) is 3.06. The molecule has 2 aromatic carbocycles. The summed E-state index contributed by atoms with van der Waals surface area (Å²) in [4.78, 5) is 35.9. The third kappa shape index (κ3) is 7.85. The van der Waals surface area contributed by atoms with Crippen LogP contribution in [0.5, 0.6) is 11.5 Å². The highest BCUT2D eigenvalue weighted by atomic mass is 16.5. The summed E-state index contributed by atoms with van der Waals surface area (Å²) in [5.41, 5.74) is 1.58. The van der Waals surface area contributed by atoms with Crippen LogP contribution in [0.15, 0.2) is 54.6 Å². The molecule has 0 heterocycles. The highest BCUT2D eigenvalue weighted by molar-refractivity contribution is 5.98. The highest BCUT2D eigenvalue weighted by Gasteiger charge is 2.18. The lowest BCUT2D eigenvalue weighted by Gasteiger charge is -2.12. The minimum Gasteiger partial charge on any atom is -0.493 e. The molecule has 0 fully saturated rings. The Balaban J connectivity index is 1.82. The lowest BCUT2D eigenvalue weighted by Crippen LogP contribution is -2.44. The molecule has 31 heavy (non-hydrogen) atoms. The molecule has 2 aromatic rings. The van der Waals surface area contributed by atoms with Crippen LogP contribution in [0.25, 0.3) is 6.08 Å². The summed E-state index contributed by atoms with van der Waals surface area (Å²) >= 11 is 0. The van der Waals surface area contributed by atoms with E-state index < -0.39 is 24.0 Å². The lowest BCUT2D eigenvalue weighted by molar-refractivity contribution is -0.149. The second-order valence-corrected chi connectivity index (χ2v) is 6.41. The van der Waals surface area contributed by atoms with Crippen LogP contribution >= 0.6 is 0 Å². The Morgan fingerprint density at radius 2 is 1.81 bits per heavy atom. The van der Waals surface area contributed by atoms with Crippen LogP contribution in [0.3, 0.4) is 0 Å². The molecule has 2 N–H and O–H groups in total. The number of esters is 1. The van der Waals surface area contributed by atoms with Gasteiger partial charge in [-0.25, -0.2) is 9.59 Å². The Labute approximate surface area is 181 Å². The second kappa shape index (κ2) is 12.0. The van der Waals surface area contributed by atoms with Gasteiger partial charge in [-0.05, 0) is 43.2 Å². The Hall–Kier alpha value is -3.81. The topological polar surface area (TPSA) is 103 Å². The molecule has 3 amide bonds. The third-order valence-electron chi connectivity index (χ3n) is 4.09. The number of urea groups is 1. The Bertz CT molecular complexity index is 927. The molecule has 0 bridgehead atoms. The van der Waals surface area contributed by atoms with E-state index in [2.05, 4.69) is 10.6 Å². The van der Waals surface area contributed by atoms with Crippen molar-refractivity contribution >= 4 is 24.0 Å². The molecule has 2 rings (SSSR count). The predicted molar refractivity (Wildman–Crippen MR) is 116 cm³/mol. The maximum Gasteiger partial charge on any atom is 0.331 e. The van der Waals surface area contributed by atoms with Gasteiger partial charge in [0.2, 0.25) is 0 Å². The maximum atomic E-state index is 12.1. The molecule has 0 aliphatic carbocycles. The zero-order chi connectivity index (χ0) is 22.6. The number of imide groups is 1. The molecule has 0 aliphatic rings. The molecule has 164 valence electrons. The molecular weight excluding hydrogens is 400 g/mol. The van der Waals surface area contributed by atoms with Crippen molar-refractivity contribution in [2.24, 2.45) is 0 Å². The number of benzene rings is 2. The fourth-order valence-corrected chi connectivity index (χ4v) is 2.53. The summed E-state index contributed by atoms with van der Waals surface area (Å²) in [6.07, 6.45) is 1.57. The number of amides is 3. The van der Waals surface area contributed by atoms with Crippen LogP contribution in [0, 0.1) is 0 Å². The number of rotatable bonds is 9. The van der Waals surface area contributed by atoms with Crippen molar-refractivity contribution in [1.82, 2.24) is 10.6 Å². The highest BCUT2D eigenvalue weighted by Crippen LogP contribution is 2.28. The number of carbonyl (C=O) groups is 3. The third-order valence-corrected chi connectivity index (χ3v) is 4.09. The number of hydrogen-bond acceptors (Lipinski definition) is 6.